The van der Waals surface area contributed by atoms with Gasteiger partial charge in [0.25, 0.3) is 5.91 Å². The van der Waals surface area contributed by atoms with Gasteiger partial charge in [-0.15, -0.1) is 0 Å². The van der Waals surface area contributed by atoms with Crippen molar-refractivity contribution in [3.63, 3.8) is 0 Å². The number of aromatic nitrogens is 4. The van der Waals surface area contributed by atoms with E-state index in [4.69, 9.17) is 4.42 Å². The number of imidazole rings is 1. The number of hydrogen-bond donors (Lipinski definition) is 1. The highest BCUT2D eigenvalue weighted by molar-refractivity contribution is 6.01. The van der Waals surface area contributed by atoms with Gasteiger partial charge in [0.05, 0.1) is 29.3 Å². The summed E-state index contributed by atoms with van der Waals surface area (Å²) in [6.45, 7) is 3.41. The first-order valence-corrected chi connectivity index (χ1v) is 11.4. The number of carbonyl (C=O) groups excluding carboxylic acids is 1. The monoisotopic (exact) mass is 454 g/mol. The van der Waals surface area contributed by atoms with Gasteiger partial charge in [0.1, 0.15) is 17.4 Å². The topological polar surface area (TPSA) is 82.7 Å². The molecule has 172 valence electrons. The highest BCUT2D eigenvalue weighted by atomic mass is 16.3. The van der Waals surface area contributed by atoms with Crippen molar-refractivity contribution in [3.05, 3.63) is 89.0 Å². The first kappa shape index (κ1) is 20.7. The summed E-state index contributed by atoms with van der Waals surface area (Å²) in [6.07, 6.45) is 6.06. The zero-order valence-corrected chi connectivity index (χ0v) is 19.4. The van der Waals surface area contributed by atoms with Gasteiger partial charge >= 0.3 is 0 Å². The Morgan fingerprint density at radius 2 is 2.09 bits per heavy atom. The molecule has 5 heterocycles. The molecule has 0 radical (unpaired) electrons. The molecule has 0 saturated carbocycles. The minimum absolute atomic E-state index is 0.0751. The molecule has 0 unspecified atom stereocenters. The smallest absolute Gasteiger partial charge is 0.258 e. The van der Waals surface area contributed by atoms with Gasteiger partial charge in [0, 0.05) is 42.4 Å². The van der Waals surface area contributed by atoms with E-state index in [0.717, 1.165) is 51.3 Å². The highest BCUT2D eigenvalue weighted by Crippen LogP contribution is 2.39. The van der Waals surface area contributed by atoms with Crippen LogP contribution in [-0.2, 0) is 13.0 Å². The maximum Gasteiger partial charge on any atom is 0.258 e. The summed E-state index contributed by atoms with van der Waals surface area (Å²) in [6, 6.07) is 11.6. The Labute approximate surface area is 196 Å². The number of aryl methyl sites for hydroxylation is 1. The number of rotatable bonds is 4. The molecule has 1 aliphatic rings. The lowest BCUT2D eigenvalue weighted by atomic mass is 9.96. The van der Waals surface area contributed by atoms with Crippen LogP contribution in [0.25, 0.3) is 16.5 Å². The average molecular weight is 455 g/mol. The number of carbonyl (C=O) groups is 1. The normalized spacial score (nSPS) is 16.0. The molecule has 4 aromatic heterocycles. The van der Waals surface area contributed by atoms with E-state index in [-0.39, 0.29) is 5.91 Å². The van der Waals surface area contributed by atoms with Crippen LogP contribution in [0.5, 0.6) is 0 Å². The van der Waals surface area contributed by atoms with Crippen molar-refractivity contribution in [2.24, 2.45) is 0 Å². The molecule has 0 aliphatic carbocycles. The number of H-pyrrole nitrogens is 1. The standard InChI is InChI=1S/C26H26N6O2/c1-16-18-6-4-5-7-22(18)34-25(16)24-23-20(27-15-28-23)10-11-31(24)26(33)19-12-29-32-14-17(13-30(2)3)8-9-21(19)32/h4-9,12,14-15,24H,10-11,13H2,1-3H3,(H,27,28)/t24-/m0/s1. The molecule has 5 aromatic rings. The largest absolute Gasteiger partial charge is 0.458 e. The quantitative estimate of drug-likeness (QED) is 0.444. The molecular weight excluding hydrogens is 428 g/mol. The minimum Gasteiger partial charge on any atom is -0.458 e. The molecule has 0 fully saturated rings. The first-order chi connectivity index (χ1) is 16.5. The minimum atomic E-state index is -0.405. The van der Waals surface area contributed by atoms with Crippen molar-refractivity contribution in [1.82, 2.24) is 29.4 Å². The maximum atomic E-state index is 14.0. The van der Waals surface area contributed by atoms with Gasteiger partial charge in [0.2, 0.25) is 0 Å². The van der Waals surface area contributed by atoms with E-state index in [0.29, 0.717) is 18.5 Å². The van der Waals surface area contributed by atoms with Gasteiger partial charge < -0.3 is 19.2 Å². The summed E-state index contributed by atoms with van der Waals surface area (Å²) in [5, 5.41) is 5.55. The van der Waals surface area contributed by atoms with E-state index in [9.17, 15) is 4.79 Å². The molecule has 1 atom stereocenters. The summed E-state index contributed by atoms with van der Waals surface area (Å²) in [5.74, 6) is 0.682. The number of furan rings is 1. The van der Waals surface area contributed by atoms with Crippen LogP contribution in [0.4, 0.5) is 0 Å². The Morgan fingerprint density at radius 1 is 1.24 bits per heavy atom. The van der Waals surface area contributed by atoms with Gasteiger partial charge in [-0.05, 0) is 38.7 Å². The molecule has 1 aliphatic heterocycles. The van der Waals surface area contributed by atoms with Crippen molar-refractivity contribution >= 4 is 22.4 Å². The predicted molar refractivity (Wildman–Crippen MR) is 129 cm³/mol. The number of aromatic amines is 1. The second kappa shape index (κ2) is 7.85. The van der Waals surface area contributed by atoms with Crippen molar-refractivity contribution in [2.45, 2.75) is 25.9 Å². The molecular formula is C26H26N6O2. The fraction of sp³-hybridized carbons (Fsp3) is 0.269. The Kier molecular flexibility index (Phi) is 4.77. The van der Waals surface area contributed by atoms with Crippen LogP contribution in [0.2, 0.25) is 0 Å². The van der Waals surface area contributed by atoms with E-state index in [2.05, 4.69) is 32.1 Å². The predicted octanol–water partition coefficient (Wildman–Crippen LogP) is 3.96. The van der Waals surface area contributed by atoms with Crippen LogP contribution in [0.3, 0.4) is 0 Å². The van der Waals surface area contributed by atoms with Gasteiger partial charge in [-0.3, -0.25) is 4.79 Å². The van der Waals surface area contributed by atoms with Gasteiger partial charge in [0.15, 0.2) is 0 Å². The number of benzene rings is 1. The SMILES string of the molecule is Cc1c([C@@H]2c3nc[nH]c3CCN2C(=O)c2cnn3cc(CN(C)C)ccc23)oc2ccccc12. The first-order valence-electron chi connectivity index (χ1n) is 11.4. The molecule has 1 aromatic carbocycles. The summed E-state index contributed by atoms with van der Waals surface area (Å²) < 4.78 is 8.12. The summed E-state index contributed by atoms with van der Waals surface area (Å²) in [5.41, 5.74) is 6.23. The van der Waals surface area contributed by atoms with Gasteiger partial charge in [-0.25, -0.2) is 9.50 Å². The van der Waals surface area contributed by atoms with Crippen molar-refractivity contribution < 1.29 is 9.21 Å². The molecule has 0 spiro atoms. The Bertz CT molecular complexity index is 1520. The Hall–Kier alpha value is -3.91. The lowest BCUT2D eigenvalue weighted by molar-refractivity contribution is 0.0674. The highest BCUT2D eigenvalue weighted by Gasteiger charge is 2.38. The second-order valence-electron chi connectivity index (χ2n) is 9.17. The number of fused-ring (bicyclic) bond motifs is 3. The second-order valence-corrected chi connectivity index (χ2v) is 9.17. The number of nitrogens with one attached hydrogen (secondary N) is 1. The molecule has 0 bridgehead atoms. The van der Waals surface area contributed by atoms with E-state index < -0.39 is 6.04 Å². The average Bonchev–Trinajstić information content (AvgIpc) is 3.55. The lowest BCUT2D eigenvalue weighted by Gasteiger charge is -2.34. The van der Waals surface area contributed by atoms with Crippen molar-refractivity contribution in [1.29, 1.82) is 0 Å². The third-order valence-corrected chi connectivity index (χ3v) is 6.62. The van der Waals surface area contributed by atoms with E-state index >= 15 is 0 Å². The number of nitrogens with zero attached hydrogens (tertiary/aromatic N) is 5. The lowest BCUT2D eigenvalue weighted by Crippen LogP contribution is -2.40. The van der Waals surface area contributed by atoms with E-state index in [1.807, 2.05) is 56.4 Å². The zero-order valence-electron chi connectivity index (χ0n) is 19.4. The Balaban J connectivity index is 1.44. The third kappa shape index (κ3) is 3.21. The van der Waals surface area contributed by atoms with Crippen LogP contribution >= 0.6 is 0 Å². The number of amides is 1. The number of hydrogen-bond acceptors (Lipinski definition) is 5. The van der Waals surface area contributed by atoms with Crippen LogP contribution in [0.1, 0.15) is 44.7 Å². The molecule has 1 N–H and O–H groups in total. The molecule has 34 heavy (non-hydrogen) atoms. The number of para-hydroxylation sites is 1. The summed E-state index contributed by atoms with van der Waals surface area (Å²) in [4.78, 5) is 25.8. The zero-order chi connectivity index (χ0) is 23.4. The fourth-order valence-electron chi connectivity index (χ4n) is 5.02. The van der Waals surface area contributed by atoms with Crippen LogP contribution in [-0.4, -0.2) is 55.9 Å². The van der Waals surface area contributed by atoms with Crippen LogP contribution in [0.15, 0.2) is 59.5 Å². The molecule has 8 nitrogen and oxygen atoms in total. The molecule has 8 heteroatoms. The van der Waals surface area contributed by atoms with Crippen LogP contribution in [0, 0.1) is 6.92 Å². The van der Waals surface area contributed by atoms with Gasteiger partial charge in [-0.2, -0.15) is 5.10 Å². The van der Waals surface area contributed by atoms with E-state index in [1.165, 1.54) is 0 Å². The van der Waals surface area contributed by atoms with Crippen LogP contribution < -0.4 is 0 Å². The summed E-state index contributed by atoms with van der Waals surface area (Å²) >= 11 is 0. The third-order valence-electron chi connectivity index (χ3n) is 6.62. The van der Waals surface area contributed by atoms with Crippen molar-refractivity contribution in [2.75, 3.05) is 20.6 Å². The van der Waals surface area contributed by atoms with Gasteiger partial charge in [-0.1, -0.05) is 24.3 Å². The Morgan fingerprint density at radius 3 is 2.91 bits per heavy atom. The maximum absolute atomic E-state index is 14.0. The molecule has 1 amide bonds. The molecule has 6 rings (SSSR count). The van der Waals surface area contributed by atoms with Crippen molar-refractivity contribution in [3.8, 4) is 0 Å². The number of pyridine rings is 1. The summed E-state index contributed by atoms with van der Waals surface area (Å²) in [7, 11) is 4.06. The fourth-order valence-corrected chi connectivity index (χ4v) is 5.02. The molecule has 0 saturated heterocycles. The van der Waals surface area contributed by atoms with E-state index in [1.54, 1.807) is 17.0 Å².